The first-order valence-corrected chi connectivity index (χ1v) is 8.45. The fraction of sp³-hybridized carbons (Fsp3) is 0.350. The molecule has 24 heavy (non-hydrogen) atoms. The average Bonchev–Trinajstić information content (AvgIpc) is 2.64. The number of aliphatic hydroxyl groups excluding tert-OH is 2. The lowest BCUT2D eigenvalue weighted by Gasteiger charge is -2.26. The van der Waals surface area contributed by atoms with Crippen LogP contribution >= 0.6 is 0 Å². The summed E-state index contributed by atoms with van der Waals surface area (Å²) in [6.07, 6.45) is 2.93. The van der Waals surface area contributed by atoms with Gasteiger partial charge >= 0.3 is 0 Å². The molecule has 0 bridgehead atoms. The van der Waals surface area contributed by atoms with Crippen molar-refractivity contribution in [3.05, 3.63) is 59.7 Å². The SMILES string of the molecule is O=C(NC1CCC(O)CC1)c1cccc(-c2cccc(CO)c2)c1. The standard InChI is InChI=1S/C20H23NO3/c22-13-14-3-1-4-15(11-14)16-5-2-6-17(12-16)20(24)21-18-7-9-19(23)10-8-18/h1-6,11-12,18-19,22-23H,7-10,13H2,(H,21,24). The molecule has 0 heterocycles. The zero-order chi connectivity index (χ0) is 16.9. The van der Waals surface area contributed by atoms with Crippen molar-refractivity contribution in [3.8, 4) is 11.1 Å². The van der Waals surface area contributed by atoms with Crippen molar-refractivity contribution in [2.24, 2.45) is 0 Å². The van der Waals surface area contributed by atoms with Crippen molar-refractivity contribution in [2.75, 3.05) is 0 Å². The molecule has 0 atom stereocenters. The fourth-order valence-corrected chi connectivity index (χ4v) is 3.18. The third-order valence-electron chi connectivity index (χ3n) is 4.60. The summed E-state index contributed by atoms with van der Waals surface area (Å²) in [6.45, 7) is 0.00154. The van der Waals surface area contributed by atoms with Crippen LogP contribution < -0.4 is 5.32 Å². The topological polar surface area (TPSA) is 69.6 Å². The lowest BCUT2D eigenvalue weighted by atomic mass is 9.93. The minimum atomic E-state index is -0.222. The van der Waals surface area contributed by atoms with E-state index in [4.69, 9.17) is 0 Å². The second-order valence-corrected chi connectivity index (χ2v) is 6.42. The quantitative estimate of drug-likeness (QED) is 0.809. The number of nitrogens with one attached hydrogen (secondary N) is 1. The number of hydrogen-bond donors (Lipinski definition) is 3. The monoisotopic (exact) mass is 325 g/mol. The Kier molecular flexibility index (Phi) is 5.28. The van der Waals surface area contributed by atoms with Crippen molar-refractivity contribution in [1.82, 2.24) is 5.32 Å². The second-order valence-electron chi connectivity index (χ2n) is 6.42. The number of rotatable bonds is 4. The number of carbonyl (C=O) groups excluding carboxylic acids is 1. The van der Waals surface area contributed by atoms with Crippen LogP contribution in [0.15, 0.2) is 48.5 Å². The van der Waals surface area contributed by atoms with Gasteiger partial charge in [-0.3, -0.25) is 4.79 Å². The Morgan fingerprint density at radius 1 is 1.00 bits per heavy atom. The summed E-state index contributed by atoms with van der Waals surface area (Å²) in [7, 11) is 0. The third-order valence-corrected chi connectivity index (χ3v) is 4.60. The number of amides is 1. The van der Waals surface area contributed by atoms with Crippen LogP contribution in [0.4, 0.5) is 0 Å². The molecule has 1 saturated carbocycles. The van der Waals surface area contributed by atoms with Crippen LogP contribution in [0.5, 0.6) is 0 Å². The Morgan fingerprint density at radius 2 is 1.67 bits per heavy atom. The third kappa shape index (κ3) is 4.02. The second kappa shape index (κ2) is 7.60. The van der Waals surface area contributed by atoms with Crippen molar-refractivity contribution in [2.45, 2.75) is 44.4 Å². The van der Waals surface area contributed by atoms with Crippen LogP contribution in [0, 0.1) is 0 Å². The Bertz CT molecular complexity index is 706. The molecule has 1 fully saturated rings. The van der Waals surface area contributed by atoms with E-state index in [2.05, 4.69) is 5.32 Å². The highest BCUT2D eigenvalue weighted by atomic mass is 16.3. The van der Waals surface area contributed by atoms with Crippen LogP contribution in [-0.4, -0.2) is 28.3 Å². The maximum Gasteiger partial charge on any atom is 0.251 e. The van der Waals surface area contributed by atoms with E-state index in [0.717, 1.165) is 42.4 Å². The predicted molar refractivity (Wildman–Crippen MR) is 93.5 cm³/mol. The molecule has 4 heteroatoms. The summed E-state index contributed by atoms with van der Waals surface area (Å²) in [5.74, 6) is -0.0726. The molecule has 1 aliphatic carbocycles. The highest BCUT2D eigenvalue weighted by Crippen LogP contribution is 2.23. The molecule has 0 unspecified atom stereocenters. The first kappa shape index (κ1) is 16.7. The van der Waals surface area contributed by atoms with Crippen molar-refractivity contribution < 1.29 is 15.0 Å². The molecule has 0 aliphatic heterocycles. The molecule has 2 aromatic rings. The summed E-state index contributed by atoms with van der Waals surface area (Å²) in [5, 5.41) is 21.9. The van der Waals surface area contributed by atoms with Crippen molar-refractivity contribution in [3.63, 3.8) is 0 Å². The van der Waals surface area contributed by atoms with Gasteiger partial charge in [-0.25, -0.2) is 0 Å². The van der Waals surface area contributed by atoms with E-state index >= 15 is 0 Å². The van der Waals surface area contributed by atoms with Crippen LogP contribution in [0.2, 0.25) is 0 Å². The molecule has 3 N–H and O–H groups in total. The minimum Gasteiger partial charge on any atom is -0.393 e. The Hall–Kier alpha value is -2.17. The smallest absolute Gasteiger partial charge is 0.251 e. The van der Waals surface area contributed by atoms with Gasteiger partial charge in [0.2, 0.25) is 0 Å². The van der Waals surface area contributed by atoms with Gasteiger partial charge in [0.15, 0.2) is 0 Å². The van der Waals surface area contributed by atoms with E-state index < -0.39 is 0 Å². The van der Waals surface area contributed by atoms with E-state index in [-0.39, 0.29) is 24.7 Å². The largest absolute Gasteiger partial charge is 0.393 e. The molecule has 2 aromatic carbocycles. The lowest BCUT2D eigenvalue weighted by molar-refractivity contribution is 0.0867. The Morgan fingerprint density at radius 3 is 2.38 bits per heavy atom. The van der Waals surface area contributed by atoms with E-state index in [1.165, 1.54) is 0 Å². The Balaban J connectivity index is 1.73. The van der Waals surface area contributed by atoms with E-state index in [1.807, 2.05) is 48.5 Å². The van der Waals surface area contributed by atoms with Crippen LogP contribution in [0.3, 0.4) is 0 Å². The highest BCUT2D eigenvalue weighted by Gasteiger charge is 2.21. The van der Waals surface area contributed by atoms with Crippen LogP contribution in [-0.2, 0) is 6.61 Å². The number of hydrogen-bond acceptors (Lipinski definition) is 3. The Labute approximate surface area is 142 Å². The van der Waals surface area contributed by atoms with E-state index in [1.54, 1.807) is 0 Å². The van der Waals surface area contributed by atoms with Gasteiger partial charge in [-0.05, 0) is 60.6 Å². The molecule has 3 rings (SSSR count). The molecule has 1 aliphatic rings. The van der Waals surface area contributed by atoms with Gasteiger partial charge < -0.3 is 15.5 Å². The van der Waals surface area contributed by atoms with Gasteiger partial charge in [0.25, 0.3) is 5.91 Å². The number of aliphatic hydroxyl groups is 2. The maximum atomic E-state index is 12.5. The zero-order valence-corrected chi connectivity index (χ0v) is 13.6. The molecular weight excluding hydrogens is 302 g/mol. The van der Waals surface area contributed by atoms with E-state index in [0.29, 0.717) is 5.56 Å². The molecule has 0 radical (unpaired) electrons. The van der Waals surface area contributed by atoms with Gasteiger partial charge in [0.1, 0.15) is 0 Å². The van der Waals surface area contributed by atoms with Gasteiger partial charge in [-0.1, -0.05) is 30.3 Å². The molecule has 0 aromatic heterocycles. The predicted octanol–water partition coefficient (Wildman–Crippen LogP) is 2.88. The normalized spacial score (nSPS) is 20.6. The average molecular weight is 325 g/mol. The number of benzene rings is 2. The van der Waals surface area contributed by atoms with Crippen molar-refractivity contribution >= 4 is 5.91 Å². The van der Waals surface area contributed by atoms with Gasteiger partial charge in [-0.15, -0.1) is 0 Å². The van der Waals surface area contributed by atoms with Gasteiger partial charge in [-0.2, -0.15) is 0 Å². The molecule has 1 amide bonds. The maximum absolute atomic E-state index is 12.5. The van der Waals surface area contributed by atoms with Crippen LogP contribution in [0.1, 0.15) is 41.6 Å². The van der Waals surface area contributed by atoms with Crippen LogP contribution in [0.25, 0.3) is 11.1 Å². The lowest BCUT2D eigenvalue weighted by Crippen LogP contribution is -2.38. The summed E-state index contributed by atoms with van der Waals surface area (Å²) in [4.78, 5) is 12.5. The first-order chi connectivity index (χ1) is 11.7. The molecule has 126 valence electrons. The summed E-state index contributed by atoms with van der Waals surface area (Å²) in [5.41, 5.74) is 3.42. The first-order valence-electron chi connectivity index (χ1n) is 8.45. The fourth-order valence-electron chi connectivity index (χ4n) is 3.18. The minimum absolute atomic E-state index is 0.00154. The summed E-state index contributed by atoms with van der Waals surface area (Å²) < 4.78 is 0. The number of carbonyl (C=O) groups is 1. The zero-order valence-electron chi connectivity index (χ0n) is 13.6. The van der Waals surface area contributed by atoms with E-state index in [9.17, 15) is 15.0 Å². The van der Waals surface area contributed by atoms with Gasteiger partial charge in [0.05, 0.1) is 12.7 Å². The highest BCUT2D eigenvalue weighted by molar-refractivity contribution is 5.95. The molecule has 0 saturated heterocycles. The van der Waals surface area contributed by atoms with Gasteiger partial charge in [0, 0.05) is 11.6 Å². The van der Waals surface area contributed by atoms with Crippen molar-refractivity contribution in [1.29, 1.82) is 0 Å². The summed E-state index contributed by atoms with van der Waals surface area (Å²) >= 11 is 0. The molecule has 0 spiro atoms. The molecular formula is C20H23NO3. The molecule has 4 nitrogen and oxygen atoms in total. The summed E-state index contributed by atoms with van der Waals surface area (Å²) in [6, 6.07) is 15.3.